The Balaban J connectivity index is 0. The van der Waals surface area contributed by atoms with Crippen LogP contribution in [-0.4, -0.2) is 6.79 Å². The molecule has 0 bridgehead atoms. The molecule has 0 unspecified atom stereocenters. The molecule has 9 heavy (non-hydrogen) atoms. The molecule has 1 nitrogen and oxygen atoms in total. The molecular weight excluding hydrogens is 112 g/mol. The van der Waals surface area contributed by atoms with E-state index in [1.165, 1.54) is 25.7 Å². The topological polar surface area (TPSA) is 17.1 Å². The van der Waals surface area contributed by atoms with Gasteiger partial charge in [-0.3, -0.25) is 0 Å². The third-order valence-corrected chi connectivity index (χ3v) is 1.01. The van der Waals surface area contributed by atoms with Crippen molar-refractivity contribution in [2.75, 3.05) is 0 Å². The first kappa shape index (κ1) is 11.2. The standard InChI is InChI=1S/C7H14.CH2O/c1-3-5-7-6-4-2;1-2/h3H,1,4-7H2,2H3;1H2. The van der Waals surface area contributed by atoms with Crippen molar-refractivity contribution < 1.29 is 4.79 Å². The van der Waals surface area contributed by atoms with Crippen LogP contribution >= 0.6 is 0 Å². The zero-order valence-electron chi connectivity index (χ0n) is 6.23. The normalized spacial score (nSPS) is 7.22. The Kier molecular flexibility index (Phi) is 19.5. The fourth-order valence-electron chi connectivity index (χ4n) is 0.539. The molecule has 0 heterocycles. The molecule has 0 aliphatic heterocycles. The minimum atomic E-state index is 1.19. The highest BCUT2D eigenvalue weighted by atomic mass is 16.1. The summed E-state index contributed by atoms with van der Waals surface area (Å²) in [6.45, 7) is 7.84. The summed E-state index contributed by atoms with van der Waals surface area (Å²) in [4.78, 5) is 8.00. The molecule has 0 aliphatic carbocycles. The molecule has 0 atom stereocenters. The smallest absolute Gasteiger partial charge is 0.106 e. The van der Waals surface area contributed by atoms with E-state index in [4.69, 9.17) is 4.79 Å². The van der Waals surface area contributed by atoms with Crippen LogP contribution in [0.15, 0.2) is 12.7 Å². The van der Waals surface area contributed by atoms with E-state index in [-0.39, 0.29) is 0 Å². The van der Waals surface area contributed by atoms with Gasteiger partial charge in [0.15, 0.2) is 0 Å². The zero-order chi connectivity index (χ0) is 7.54. The third kappa shape index (κ3) is 18.7. The van der Waals surface area contributed by atoms with Crippen molar-refractivity contribution in [3.8, 4) is 0 Å². The van der Waals surface area contributed by atoms with Gasteiger partial charge in [-0.2, -0.15) is 0 Å². The van der Waals surface area contributed by atoms with E-state index in [1.807, 2.05) is 12.9 Å². The average Bonchev–Trinajstić information content (AvgIpc) is 1.94. The number of hydrogen-bond acceptors (Lipinski definition) is 1. The van der Waals surface area contributed by atoms with Gasteiger partial charge in [0.1, 0.15) is 6.79 Å². The lowest BCUT2D eigenvalue weighted by atomic mass is 10.2. The highest BCUT2D eigenvalue weighted by Crippen LogP contribution is 1.97. The summed E-state index contributed by atoms with van der Waals surface area (Å²) in [7, 11) is 0. The number of carbonyl (C=O) groups is 1. The summed E-state index contributed by atoms with van der Waals surface area (Å²) >= 11 is 0. The van der Waals surface area contributed by atoms with E-state index in [9.17, 15) is 0 Å². The molecule has 0 fully saturated rings. The molecule has 0 aromatic rings. The number of carbonyl (C=O) groups excluding carboxylic acids is 1. The maximum atomic E-state index is 8.00. The summed E-state index contributed by atoms with van der Waals surface area (Å²) in [5, 5.41) is 0. The SMILES string of the molecule is C=CCCCCC.C=O. The first-order valence-electron chi connectivity index (χ1n) is 3.31. The predicted octanol–water partition coefficient (Wildman–Crippen LogP) is 2.57. The van der Waals surface area contributed by atoms with Gasteiger partial charge in [0.05, 0.1) is 0 Å². The third-order valence-electron chi connectivity index (χ3n) is 1.01. The van der Waals surface area contributed by atoms with Gasteiger partial charge in [-0.15, -0.1) is 6.58 Å². The maximum Gasteiger partial charge on any atom is 0.106 e. The van der Waals surface area contributed by atoms with E-state index in [0.29, 0.717) is 0 Å². The van der Waals surface area contributed by atoms with E-state index in [2.05, 4.69) is 13.5 Å². The molecule has 1 heteroatoms. The largest absolute Gasteiger partial charge is 0.307 e. The van der Waals surface area contributed by atoms with Crippen molar-refractivity contribution in [2.45, 2.75) is 32.6 Å². The van der Waals surface area contributed by atoms with Crippen molar-refractivity contribution in [2.24, 2.45) is 0 Å². The Hall–Kier alpha value is -0.590. The molecule has 0 radical (unpaired) electrons. The van der Waals surface area contributed by atoms with Gasteiger partial charge >= 0.3 is 0 Å². The van der Waals surface area contributed by atoms with Gasteiger partial charge in [0.2, 0.25) is 0 Å². The van der Waals surface area contributed by atoms with Gasteiger partial charge in [0, 0.05) is 0 Å². The number of unbranched alkanes of at least 4 members (excludes halogenated alkanes) is 3. The molecule has 0 N–H and O–H groups in total. The highest BCUT2D eigenvalue weighted by Gasteiger charge is 1.77. The molecule has 0 amide bonds. The second-order valence-corrected chi connectivity index (χ2v) is 1.78. The molecule has 54 valence electrons. The molecule has 0 rings (SSSR count). The van der Waals surface area contributed by atoms with E-state index in [0.717, 1.165) is 0 Å². The monoisotopic (exact) mass is 128 g/mol. The van der Waals surface area contributed by atoms with Crippen LogP contribution in [0.4, 0.5) is 0 Å². The fourth-order valence-corrected chi connectivity index (χ4v) is 0.539. The molecule has 0 saturated carbocycles. The van der Waals surface area contributed by atoms with Crippen molar-refractivity contribution >= 4 is 6.79 Å². The molecule has 0 spiro atoms. The lowest BCUT2D eigenvalue weighted by Gasteiger charge is -1.87. The van der Waals surface area contributed by atoms with E-state index < -0.39 is 0 Å². The van der Waals surface area contributed by atoms with Crippen LogP contribution in [-0.2, 0) is 4.79 Å². The van der Waals surface area contributed by atoms with Gasteiger partial charge in [-0.05, 0) is 12.8 Å². The average molecular weight is 128 g/mol. The summed E-state index contributed by atoms with van der Waals surface area (Å²) in [6, 6.07) is 0. The van der Waals surface area contributed by atoms with Crippen LogP contribution in [0.2, 0.25) is 0 Å². The van der Waals surface area contributed by atoms with Gasteiger partial charge in [0.25, 0.3) is 0 Å². The van der Waals surface area contributed by atoms with E-state index >= 15 is 0 Å². The maximum absolute atomic E-state index is 8.00. The van der Waals surface area contributed by atoms with E-state index in [1.54, 1.807) is 0 Å². The minimum Gasteiger partial charge on any atom is -0.307 e. The lowest BCUT2D eigenvalue weighted by molar-refractivity contribution is -0.0979. The van der Waals surface area contributed by atoms with Crippen molar-refractivity contribution in [1.29, 1.82) is 0 Å². The van der Waals surface area contributed by atoms with Crippen LogP contribution < -0.4 is 0 Å². The zero-order valence-corrected chi connectivity index (χ0v) is 6.23. The number of allylic oxidation sites excluding steroid dienone is 1. The Morgan fingerprint density at radius 3 is 2.22 bits per heavy atom. The Morgan fingerprint density at radius 2 is 1.89 bits per heavy atom. The van der Waals surface area contributed by atoms with Crippen LogP contribution in [0.3, 0.4) is 0 Å². The van der Waals surface area contributed by atoms with Crippen LogP contribution in [0.25, 0.3) is 0 Å². The fraction of sp³-hybridized carbons (Fsp3) is 0.625. The molecule has 0 aromatic carbocycles. The highest BCUT2D eigenvalue weighted by molar-refractivity contribution is 5.10. The Morgan fingerprint density at radius 1 is 1.33 bits per heavy atom. The lowest BCUT2D eigenvalue weighted by Crippen LogP contribution is -1.67. The van der Waals surface area contributed by atoms with Gasteiger partial charge < -0.3 is 4.79 Å². The second kappa shape index (κ2) is 15.7. The first-order valence-corrected chi connectivity index (χ1v) is 3.31. The van der Waals surface area contributed by atoms with Crippen molar-refractivity contribution in [3.05, 3.63) is 12.7 Å². The summed E-state index contributed by atoms with van der Waals surface area (Å²) in [5.41, 5.74) is 0. The Bertz CT molecular complexity index is 50.5. The summed E-state index contributed by atoms with van der Waals surface area (Å²) < 4.78 is 0. The summed E-state index contributed by atoms with van der Waals surface area (Å²) in [6.07, 6.45) is 7.16. The van der Waals surface area contributed by atoms with Gasteiger partial charge in [-0.1, -0.05) is 25.8 Å². The number of hydrogen-bond donors (Lipinski definition) is 0. The van der Waals surface area contributed by atoms with Crippen LogP contribution in [0.1, 0.15) is 32.6 Å². The van der Waals surface area contributed by atoms with Crippen molar-refractivity contribution in [1.82, 2.24) is 0 Å². The molecule has 0 aliphatic rings. The molecular formula is C8H16O. The predicted molar refractivity (Wildman–Crippen MR) is 41.5 cm³/mol. The minimum absolute atomic E-state index is 1.19. The second-order valence-electron chi connectivity index (χ2n) is 1.78. The molecule has 0 saturated heterocycles. The molecule has 0 aromatic heterocycles. The van der Waals surface area contributed by atoms with Gasteiger partial charge in [-0.25, -0.2) is 0 Å². The van der Waals surface area contributed by atoms with Crippen LogP contribution in [0.5, 0.6) is 0 Å². The summed E-state index contributed by atoms with van der Waals surface area (Å²) in [5.74, 6) is 0. The first-order chi connectivity index (χ1) is 4.41. The van der Waals surface area contributed by atoms with Crippen LogP contribution in [0, 0.1) is 0 Å². The number of rotatable bonds is 4. The van der Waals surface area contributed by atoms with Crippen molar-refractivity contribution in [3.63, 3.8) is 0 Å². The quantitative estimate of drug-likeness (QED) is 0.420. The Labute approximate surface area is 57.8 Å².